The van der Waals surface area contributed by atoms with Gasteiger partial charge in [0.2, 0.25) is 4.77 Å². The summed E-state index contributed by atoms with van der Waals surface area (Å²) in [6.45, 7) is 5.34. The van der Waals surface area contributed by atoms with Crippen molar-refractivity contribution < 1.29 is 10.0 Å². The average molecular weight is 319 g/mol. The molecule has 118 valence electrons. The van der Waals surface area contributed by atoms with E-state index >= 15 is 0 Å². The van der Waals surface area contributed by atoms with Crippen LogP contribution in [0.3, 0.4) is 0 Å². The van der Waals surface area contributed by atoms with Crippen LogP contribution >= 0.6 is 12.2 Å². The lowest BCUT2D eigenvalue weighted by atomic mass is 10.1. The Kier molecular flexibility index (Phi) is 4.71. The van der Waals surface area contributed by atoms with E-state index in [0.717, 1.165) is 49.7 Å². The number of nitrogens with one attached hydrogen (secondary N) is 1. The smallest absolute Gasteiger partial charge is 0.203 e. The quantitative estimate of drug-likeness (QED) is 0.819. The predicted molar refractivity (Wildman–Crippen MR) is 87.3 cm³/mol. The van der Waals surface area contributed by atoms with Gasteiger partial charge in [0.1, 0.15) is 18.5 Å². The third kappa shape index (κ3) is 3.45. The molecule has 6 heteroatoms. The third-order valence-electron chi connectivity index (χ3n) is 4.26. The molecule has 0 amide bonds. The summed E-state index contributed by atoms with van der Waals surface area (Å²) in [5.74, 6) is 0.936. The second kappa shape index (κ2) is 6.73. The maximum atomic E-state index is 9.80. The summed E-state index contributed by atoms with van der Waals surface area (Å²) in [6.07, 6.45) is 1.79. The monoisotopic (exact) mass is 319 g/mol. The molecule has 0 aliphatic carbocycles. The summed E-state index contributed by atoms with van der Waals surface area (Å²) in [5.41, 5.74) is 1.22. The van der Waals surface area contributed by atoms with Gasteiger partial charge >= 0.3 is 0 Å². The molecule has 2 atom stereocenters. The fraction of sp³-hybridized carbons (Fsp3) is 0.500. The molecular weight excluding hydrogens is 296 g/mol. The normalized spacial score (nSPS) is 21.9. The second-order valence-electron chi connectivity index (χ2n) is 6.06. The zero-order chi connectivity index (χ0) is 15.5. The van der Waals surface area contributed by atoms with E-state index in [1.54, 1.807) is 0 Å². The zero-order valence-electron chi connectivity index (χ0n) is 12.9. The van der Waals surface area contributed by atoms with E-state index in [2.05, 4.69) is 21.8 Å². The Morgan fingerprint density at radius 1 is 1.36 bits per heavy atom. The van der Waals surface area contributed by atoms with Crippen molar-refractivity contribution in [2.45, 2.75) is 39.1 Å². The Bertz CT molecular complexity index is 679. The van der Waals surface area contributed by atoms with Crippen molar-refractivity contribution in [2.75, 3.05) is 13.1 Å². The average Bonchev–Trinajstić information content (AvgIpc) is 2.76. The number of aryl methyl sites for hydroxylation is 1. The molecule has 0 bridgehead atoms. The Labute approximate surface area is 135 Å². The summed E-state index contributed by atoms with van der Waals surface area (Å²) < 4.78 is 4.74. The molecule has 22 heavy (non-hydrogen) atoms. The number of nitrogens with zero attached hydrogens (tertiary/aromatic N) is 3. The number of hydrogen-bond acceptors (Lipinski definition) is 3. The first-order valence-electron chi connectivity index (χ1n) is 7.83. The van der Waals surface area contributed by atoms with E-state index in [1.807, 2.05) is 29.8 Å². The molecule has 0 spiro atoms. The van der Waals surface area contributed by atoms with E-state index in [-0.39, 0.29) is 6.10 Å². The SMILES string of the molecule is Cc1nn(C[NH+]2CCC[C@H](O)C2)c(=S)n1Cc1ccccc1. The molecule has 1 aromatic heterocycles. The Morgan fingerprint density at radius 3 is 2.86 bits per heavy atom. The zero-order valence-corrected chi connectivity index (χ0v) is 13.7. The lowest BCUT2D eigenvalue weighted by Crippen LogP contribution is -3.13. The first-order valence-corrected chi connectivity index (χ1v) is 8.24. The van der Waals surface area contributed by atoms with Gasteiger partial charge in [-0.3, -0.25) is 4.57 Å². The fourth-order valence-corrected chi connectivity index (χ4v) is 3.38. The minimum absolute atomic E-state index is 0.189. The van der Waals surface area contributed by atoms with Gasteiger partial charge in [-0.15, -0.1) is 0 Å². The Hall–Kier alpha value is -1.50. The molecule has 0 saturated carbocycles. The maximum absolute atomic E-state index is 9.80. The van der Waals surface area contributed by atoms with E-state index in [1.165, 1.54) is 10.5 Å². The molecule has 2 heterocycles. The number of rotatable bonds is 4. The van der Waals surface area contributed by atoms with Crippen molar-refractivity contribution in [1.29, 1.82) is 0 Å². The molecule has 1 aliphatic heterocycles. The van der Waals surface area contributed by atoms with Crippen LogP contribution in [0.4, 0.5) is 0 Å². The highest BCUT2D eigenvalue weighted by Gasteiger charge is 2.22. The topological polar surface area (TPSA) is 47.4 Å². The van der Waals surface area contributed by atoms with Crippen molar-refractivity contribution in [3.05, 3.63) is 46.5 Å². The van der Waals surface area contributed by atoms with Gasteiger partial charge in [-0.1, -0.05) is 30.3 Å². The van der Waals surface area contributed by atoms with Crippen molar-refractivity contribution >= 4 is 12.2 Å². The van der Waals surface area contributed by atoms with Crippen LogP contribution in [-0.2, 0) is 13.2 Å². The number of hydrogen-bond donors (Lipinski definition) is 2. The van der Waals surface area contributed by atoms with Gasteiger partial charge < -0.3 is 10.0 Å². The summed E-state index contributed by atoms with van der Waals surface area (Å²) in [6, 6.07) is 10.3. The summed E-state index contributed by atoms with van der Waals surface area (Å²) in [4.78, 5) is 1.35. The molecule has 0 radical (unpaired) electrons. The summed E-state index contributed by atoms with van der Waals surface area (Å²) >= 11 is 5.60. The van der Waals surface area contributed by atoms with Crippen LogP contribution in [0.25, 0.3) is 0 Å². The van der Waals surface area contributed by atoms with Crippen LogP contribution in [0.15, 0.2) is 30.3 Å². The molecular formula is C16H23N4OS+. The molecule has 1 unspecified atom stereocenters. The lowest BCUT2D eigenvalue weighted by molar-refractivity contribution is -0.931. The van der Waals surface area contributed by atoms with E-state index in [9.17, 15) is 5.11 Å². The summed E-state index contributed by atoms with van der Waals surface area (Å²) in [7, 11) is 0. The number of likely N-dealkylation sites (tertiary alicyclic amines) is 1. The van der Waals surface area contributed by atoms with Crippen molar-refractivity contribution in [3.8, 4) is 0 Å². The molecule has 5 nitrogen and oxygen atoms in total. The lowest BCUT2D eigenvalue weighted by Gasteiger charge is -2.26. The fourth-order valence-electron chi connectivity index (χ4n) is 3.08. The van der Waals surface area contributed by atoms with Gasteiger partial charge in [-0.05, 0) is 37.5 Å². The molecule has 1 fully saturated rings. The van der Waals surface area contributed by atoms with Gasteiger partial charge in [-0.25, -0.2) is 0 Å². The minimum atomic E-state index is -0.189. The highest BCUT2D eigenvalue weighted by Crippen LogP contribution is 2.07. The number of aliphatic hydroxyl groups is 1. The maximum Gasteiger partial charge on any atom is 0.203 e. The molecule has 3 rings (SSSR count). The number of piperidine rings is 1. The first-order chi connectivity index (χ1) is 10.6. The van der Waals surface area contributed by atoms with Crippen LogP contribution in [0, 0.1) is 11.7 Å². The number of quaternary nitrogens is 1. The highest BCUT2D eigenvalue weighted by molar-refractivity contribution is 7.71. The number of benzene rings is 1. The van der Waals surface area contributed by atoms with E-state index < -0.39 is 0 Å². The molecule has 1 aliphatic rings. The Morgan fingerprint density at radius 2 is 2.14 bits per heavy atom. The van der Waals surface area contributed by atoms with E-state index in [4.69, 9.17) is 12.2 Å². The Balaban J connectivity index is 1.76. The van der Waals surface area contributed by atoms with Crippen molar-refractivity contribution in [1.82, 2.24) is 14.3 Å². The standard InChI is InChI=1S/C16H22N4OS/c1-13-17-20(12-18-9-5-8-15(21)11-18)16(22)19(13)10-14-6-3-2-4-7-14/h2-4,6-7,15,21H,5,8-12H2,1H3/p+1/t15-/m0/s1. The molecule has 2 N–H and O–H groups in total. The van der Waals surface area contributed by atoms with Gasteiger partial charge in [0, 0.05) is 0 Å². The van der Waals surface area contributed by atoms with Gasteiger partial charge in [0.15, 0.2) is 6.67 Å². The minimum Gasteiger partial charge on any atom is -0.387 e. The van der Waals surface area contributed by atoms with Crippen LogP contribution in [0.5, 0.6) is 0 Å². The summed E-state index contributed by atoms with van der Waals surface area (Å²) in [5, 5.41) is 14.4. The number of aliphatic hydroxyl groups excluding tert-OH is 1. The van der Waals surface area contributed by atoms with Gasteiger partial charge in [0.25, 0.3) is 0 Å². The van der Waals surface area contributed by atoms with Crippen molar-refractivity contribution in [2.24, 2.45) is 0 Å². The number of aromatic nitrogens is 3. The van der Waals surface area contributed by atoms with Crippen LogP contribution in [0.1, 0.15) is 24.2 Å². The van der Waals surface area contributed by atoms with Crippen LogP contribution < -0.4 is 4.90 Å². The second-order valence-corrected chi connectivity index (χ2v) is 6.42. The van der Waals surface area contributed by atoms with Crippen LogP contribution in [-0.4, -0.2) is 38.6 Å². The third-order valence-corrected chi connectivity index (χ3v) is 4.69. The predicted octanol–water partition coefficient (Wildman–Crippen LogP) is 0.768. The van der Waals surface area contributed by atoms with E-state index in [0.29, 0.717) is 0 Å². The largest absolute Gasteiger partial charge is 0.387 e. The van der Waals surface area contributed by atoms with Gasteiger partial charge in [0.05, 0.1) is 13.1 Å². The van der Waals surface area contributed by atoms with Gasteiger partial charge in [-0.2, -0.15) is 9.78 Å². The molecule has 1 saturated heterocycles. The highest BCUT2D eigenvalue weighted by atomic mass is 32.1. The van der Waals surface area contributed by atoms with Crippen LogP contribution in [0.2, 0.25) is 0 Å². The van der Waals surface area contributed by atoms with Crippen molar-refractivity contribution in [3.63, 3.8) is 0 Å². The first kappa shape index (κ1) is 15.4. The molecule has 2 aromatic rings. The molecule has 1 aromatic carbocycles.